The lowest BCUT2D eigenvalue weighted by Crippen LogP contribution is -2.49. The second-order valence-corrected chi connectivity index (χ2v) is 25.3. The molecule has 0 spiro atoms. The highest BCUT2D eigenvalue weighted by Crippen LogP contribution is 2.56. The highest BCUT2D eigenvalue weighted by molar-refractivity contribution is 7.04. The molecule has 4 aliphatic rings. The molecule has 0 unspecified atom stereocenters. The molecule has 0 N–H and O–H groups in total. The molecule has 0 aromatic heterocycles. The van der Waals surface area contributed by atoms with E-state index in [2.05, 4.69) is 231 Å². The van der Waals surface area contributed by atoms with Gasteiger partial charge in [0.15, 0.2) is 0 Å². The predicted molar refractivity (Wildman–Crippen MR) is 306 cm³/mol. The van der Waals surface area contributed by atoms with Crippen LogP contribution >= 0.6 is 0 Å². The van der Waals surface area contributed by atoms with Gasteiger partial charge in [-0.1, -0.05) is 219 Å². The van der Waals surface area contributed by atoms with E-state index in [1.165, 1.54) is 176 Å². The van der Waals surface area contributed by atoms with Gasteiger partial charge in [-0.3, -0.25) is 0 Å². The Hall–Kier alpha value is -8.62. The van der Waals surface area contributed by atoms with Crippen LogP contribution in [0.15, 0.2) is 218 Å². The maximum atomic E-state index is 2.67. The Morgan fingerprint density at radius 1 is 0.211 bits per heavy atom. The maximum absolute atomic E-state index is 2.67. The Morgan fingerprint density at radius 2 is 0.577 bits per heavy atom. The van der Waals surface area contributed by atoms with Crippen LogP contribution < -0.4 is 10.4 Å². The van der Waals surface area contributed by atoms with E-state index in [0.717, 1.165) is 0 Å². The molecule has 0 bridgehead atoms. The molecular weight excluding hydrogens is 869 g/mol. The van der Waals surface area contributed by atoms with Crippen LogP contribution in [-0.4, -0.2) is 8.07 Å². The highest BCUT2D eigenvalue weighted by Gasteiger charge is 2.39. The van der Waals surface area contributed by atoms with Crippen molar-refractivity contribution in [2.24, 2.45) is 0 Å². The minimum atomic E-state index is -2.10. The number of benzene rings is 13. The summed E-state index contributed by atoms with van der Waals surface area (Å²) in [5.74, 6) is 0. The first-order valence-electron chi connectivity index (χ1n) is 25.2. The zero-order valence-corrected chi connectivity index (χ0v) is 40.3. The average molecular weight is 911 g/mol. The van der Waals surface area contributed by atoms with E-state index in [-0.39, 0.29) is 0 Å². The molecule has 0 atom stereocenters. The van der Waals surface area contributed by atoms with Crippen LogP contribution in [0.1, 0.15) is 0 Å². The van der Waals surface area contributed by atoms with Crippen LogP contribution in [0.3, 0.4) is 0 Å². The van der Waals surface area contributed by atoms with Gasteiger partial charge < -0.3 is 0 Å². The van der Waals surface area contributed by atoms with Crippen LogP contribution in [0.5, 0.6) is 0 Å². The molecule has 17 rings (SSSR count). The summed E-state index contributed by atoms with van der Waals surface area (Å²) in [6.07, 6.45) is 0. The molecule has 326 valence electrons. The number of rotatable bonds is 3. The van der Waals surface area contributed by atoms with Crippen LogP contribution in [0, 0.1) is 0 Å². The molecule has 1 heteroatoms. The maximum Gasteiger partial charge on any atom is 0.113 e. The summed E-state index contributed by atoms with van der Waals surface area (Å²) >= 11 is 0. The number of hydrogen-bond acceptors (Lipinski definition) is 0. The number of fused-ring (bicyclic) bond motifs is 14. The van der Waals surface area contributed by atoms with Gasteiger partial charge in [0.05, 0.1) is 0 Å². The lowest BCUT2D eigenvalue weighted by atomic mass is 9.81. The van der Waals surface area contributed by atoms with E-state index in [1.54, 1.807) is 0 Å². The SMILES string of the molecule is C[Si]1(C)c2ccccc2-c2cc3c(-c4ccc5c6c(cccc46)-c4ccccc4-5)c4ccc(-c5ccc6c7c(cccc57)-c5ccccc5-6)cc4c(-c4ccc5c6c(cccc46)-c4ccccc4-5)c3cc21. The summed E-state index contributed by atoms with van der Waals surface area (Å²) in [6, 6.07) is 84.3. The lowest BCUT2D eigenvalue weighted by molar-refractivity contribution is 1.67. The van der Waals surface area contributed by atoms with Crippen LogP contribution in [-0.2, 0) is 0 Å². The Kier molecular flexibility index (Phi) is 7.20. The summed E-state index contributed by atoms with van der Waals surface area (Å²) in [5, 5.41) is 16.2. The van der Waals surface area contributed by atoms with E-state index >= 15 is 0 Å². The summed E-state index contributed by atoms with van der Waals surface area (Å²) in [7, 11) is -2.10. The third-order valence-electron chi connectivity index (χ3n) is 17.3. The standard InChI is InChI=1S/C70H42Si/c1-71(2)64-27-10-9-20-47(64)60-37-62-63(38-65(60)71)70(58-35-33-56-46-19-8-5-16-43(46)51-24-13-26-53(58)68(51)56)61-36-39(40-30-31-54-44-17-6-3-14-41(44)49-22-11-21-48(40)66(49)54)28-29-59(61)69(62)57-34-32-55-45-18-7-4-15-42(45)50-23-12-25-52(57)67(50)55/h3-38H,1-2H3. The first-order valence-corrected chi connectivity index (χ1v) is 28.2. The van der Waals surface area contributed by atoms with Crippen molar-refractivity contribution in [1.29, 1.82) is 0 Å². The summed E-state index contributed by atoms with van der Waals surface area (Å²) < 4.78 is 0. The van der Waals surface area contributed by atoms with Crippen molar-refractivity contribution in [2.75, 3.05) is 0 Å². The van der Waals surface area contributed by atoms with Gasteiger partial charge in [0.25, 0.3) is 0 Å². The molecule has 0 radical (unpaired) electrons. The molecule has 13 aromatic carbocycles. The fourth-order valence-corrected chi connectivity index (χ4v) is 17.4. The molecule has 1 aliphatic heterocycles. The van der Waals surface area contributed by atoms with Crippen LogP contribution in [0.2, 0.25) is 13.1 Å². The second kappa shape index (κ2) is 13.4. The molecular formula is C70H42Si. The van der Waals surface area contributed by atoms with E-state index < -0.39 is 8.07 Å². The minimum Gasteiger partial charge on any atom is -0.0623 e. The minimum absolute atomic E-state index is 1.24. The summed E-state index contributed by atoms with van der Waals surface area (Å²) in [5.41, 5.74) is 26.4. The Labute approximate surface area is 412 Å². The fourth-order valence-electron chi connectivity index (χ4n) is 14.3. The van der Waals surface area contributed by atoms with Gasteiger partial charge in [-0.05, 0) is 188 Å². The average Bonchev–Trinajstić information content (AvgIpc) is 4.11. The van der Waals surface area contributed by atoms with E-state index in [1.807, 2.05) is 0 Å². The zero-order valence-electron chi connectivity index (χ0n) is 39.3. The summed E-state index contributed by atoms with van der Waals surface area (Å²) in [6.45, 7) is 5.13. The van der Waals surface area contributed by atoms with Gasteiger partial charge in [0.2, 0.25) is 0 Å². The van der Waals surface area contributed by atoms with Crippen molar-refractivity contribution in [3.05, 3.63) is 218 Å². The second-order valence-electron chi connectivity index (χ2n) is 20.9. The van der Waals surface area contributed by atoms with Gasteiger partial charge in [-0.25, -0.2) is 0 Å². The molecule has 1 heterocycles. The third kappa shape index (κ3) is 4.75. The topological polar surface area (TPSA) is 0 Å². The summed E-state index contributed by atoms with van der Waals surface area (Å²) in [4.78, 5) is 0. The van der Waals surface area contributed by atoms with Crippen molar-refractivity contribution >= 4 is 72.3 Å². The van der Waals surface area contributed by atoms with Crippen molar-refractivity contribution < 1.29 is 0 Å². The third-order valence-corrected chi connectivity index (χ3v) is 20.9. The van der Waals surface area contributed by atoms with E-state index in [0.29, 0.717) is 0 Å². The lowest BCUT2D eigenvalue weighted by Gasteiger charge is -2.24. The van der Waals surface area contributed by atoms with Crippen molar-refractivity contribution in [3.63, 3.8) is 0 Å². The largest absolute Gasteiger partial charge is 0.113 e. The molecule has 0 saturated carbocycles. The highest BCUT2D eigenvalue weighted by atomic mass is 28.3. The van der Waals surface area contributed by atoms with Gasteiger partial charge in [-0.15, -0.1) is 0 Å². The van der Waals surface area contributed by atoms with Gasteiger partial charge >= 0.3 is 0 Å². The van der Waals surface area contributed by atoms with Gasteiger partial charge in [0, 0.05) is 0 Å². The number of hydrogen-bond donors (Lipinski definition) is 0. The van der Waals surface area contributed by atoms with Gasteiger partial charge in [0.1, 0.15) is 8.07 Å². The molecule has 0 nitrogen and oxygen atoms in total. The van der Waals surface area contributed by atoms with Crippen molar-refractivity contribution in [2.45, 2.75) is 13.1 Å². The van der Waals surface area contributed by atoms with Crippen molar-refractivity contribution in [1.82, 2.24) is 0 Å². The molecule has 0 saturated heterocycles. The molecule has 0 fully saturated rings. The Bertz CT molecular complexity index is 4570. The zero-order chi connectivity index (χ0) is 46.4. The normalized spacial score (nSPS) is 13.6. The predicted octanol–water partition coefficient (Wildman–Crippen LogP) is 18.2. The molecule has 71 heavy (non-hydrogen) atoms. The monoisotopic (exact) mass is 910 g/mol. The van der Waals surface area contributed by atoms with E-state index in [4.69, 9.17) is 0 Å². The first kappa shape index (κ1) is 38.3. The first-order chi connectivity index (χ1) is 35.0. The van der Waals surface area contributed by atoms with E-state index in [9.17, 15) is 0 Å². The fraction of sp³-hybridized carbons (Fsp3) is 0.0286. The Balaban J connectivity index is 1.05. The molecule has 0 amide bonds. The van der Waals surface area contributed by atoms with Crippen LogP contribution in [0.25, 0.3) is 165 Å². The van der Waals surface area contributed by atoms with Gasteiger partial charge in [-0.2, -0.15) is 0 Å². The molecule has 13 aromatic rings. The van der Waals surface area contributed by atoms with Crippen molar-refractivity contribution in [3.8, 4) is 111 Å². The molecule has 3 aliphatic carbocycles. The Morgan fingerprint density at radius 3 is 1.08 bits per heavy atom. The van der Waals surface area contributed by atoms with Crippen LogP contribution in [0.4, 0.5) is 0 Å². The quantitative estimate of drug-likeness (QED) is 0.122. The smallest absolute Gasteiger partial charge is 0.0623 e.